The molecule has 0 unspecified atom stereocenters. The molecule has 20 heavy (non-hydrogen) atoms. The number of nitrogens with one attached hydrogen (secondary N) is 1. The molecule has 7 nitrogen and oxygen atoms in total. The Bertz CT molecular complexity index is 322. The Balaban J connectivity index is 2.39. The number of hydrogen-bond acceptors (Lipinski definition) is 5. The number of rotatable bonds is 7. The average molecular weight is 305 g/mol. The quantitative estimate of drug-likeness (QED) is 0.588. The Kier molecular flexibility index (Phi) is 7.71. The van der Waals surface area contributed by atoms with Gasteiger partial charge < -0.3 is 20.4 Å². The van der Waals surface area contributed by atoms with Crippen LogP contribution in [-0.4, -0.2) is 89.4 Å². The van der Waals surface area contributed by atoms with Gasteiger partial charge in [0.05, 0.1) is 6.61 Å². The Morgan fingerprint density at radius 1 is 1.30 bits per heavy atom. The van der Waals surface area contributed by atoms with E-state index in [9.17, 15) is 9.59 Å². The Labute approximate surface area is 123 Å². The number of aliphatic hydroxyl groups is 1. The number of thioether (sulfide) groups is 1. The highest BCUT2D eigenvalue weighted by atomic mass is 32.2. The number of aliphatic hydroxyl groups excluding tert-OH is 1. The maximum absolute atomic E-state index is 12.0. The van der Waals surface area contributed by atoms with Crippen LogP contribution in [0, 0.1) is 0 Å². The number of β-amino-alcohol motifs (C(OH)–C–C–N with tert-alkyl or cyclic N) is 1. The number of hydrogen-bond donors (Lipinski definition) is 3. The minimum Gasteiger partial charge on any atom is -0.480 e. The van der Waals surface area contributed by atoms with Crippen LogP contribution in [0.25, 0.3) is 0 Å². The van der Waals surface area contributed by atoms with E-state index in [1.807, 2.05) is 6.26 Å². The Morgan fingerprint density at radius 3 is 2.45 bits per heavy atom. The third kappa shape index (κ3) is 5.56. The number of urea groups is 1. The fraction of sp³-hybridized carbons (Fsp3) is 0.833. The second-order valence-electron chi connectivity index (χ2n) is 4.67. The molecular formula is C12H23N3O4S. The SMILES string of the molecule is CSCC[C@H](NC(=O)N1CCN(CCO)CC1)C(=O)O. The van der Waals surface area contributed by atoms with Crippen molar-refractivity contribution in [2.75, 3.05) is 51.3 Å². The molecule has 116 valence electrons. The molecule has 0 aromatic heterocycles. The molecule has 3 N–H and O–H groups in total. The molecule has 1 heterocycles. The summed E-state index contributed by atoms with van der Waals surface area (Å²) >= 11 is 1.56. The highest BCUT2D eigenvalue weighted by Crippen LogP contribution is 2.05. The zero-order chi connectivity index (χ0) is 15.0. The lowest BCUT2D eigenvalue weighted by Crippen LogP contribution is -2.55. The van der Waals surface area contributed by atoms with Crippen LogP contribution in [0.5, 0.6) is 0 Å². The van der Waals surface area contributed by atoms with Gasteiger partial charge in [0.15, 0.2) is 0 Å². The fourth-order valence-electron chi connectivity index (χ4n) is 2.05. The first-order valence-corrected chi connectivity index (χ1v) is 8.08. The summed E-state index contributed by atoms with van der Waals surface area (Å²) < 4.78 is 0. The number of aliphatic carboxylic acids is 1. The van der Waals surface area contributed by atoms with Gasteiger partial charge in [0.1, 0.15) is 6.04 Å². The smallest absolute Gasteiger partial charge is 0.326 e. The lowest BCUT2D eigenvalue weighted by Gasteiger charge is -2.34. The minimum absolute atomic E-state index is 0.113. The summed E-state index contributed by atoms with van der Waals surface area (Å²) in [7, 11) is 0. The predicted octanol–water partition coefficient (Wildman–Crippen LogP) is -0.488. The molecular weight excluding hydrogens is 282 g/mol. The molecule has 1 fully saturated rings. The van der Waals surface area contributed by atoms with Crippen LogP contribution in [0.1, 0.15) is 6.42 Å². The van der Waals surface area contributed by atoms with Gasteiger partial charge >= 0.3 is 12.0 Å². The summed E-state index contributed by atoms with van der Waals surface area (Å²) in [5.41, 5.74) is 0. The maximum Gasteiger partial charge on any atom is 0.326 e. The second kappa shape index (κ2) is 9.04. The fourth-order valence-corrected chi connectivity index (χ4v) is 2.52. The van der Waals surface area contributed by atoms with E-state index in [-0.39, 0.29) is 12.6 Å². The van der Waals surface area contributed by atoms with Gasteiger partial charge in [-0.3, -0.25) is 4.90 Å². The standard InChI is InChI=1S/C12H23N3O4S/c1-20-9-2-10(11(17)18)13-12(19)15-5-3-14(4-6-15)7-8-16/h10,16H,2-9H2,1H3,(H,13,19)(H,17,18)/t10-/m0/s1. The molecule has 0 aromatic rings. The van der Waals surface area contributed by atoms with Gasteiger partial charge in [-0.15, -0.1) is 0 Å². The highest BCUT2D eigenvalue weighted by Gasteiger charge is 2.25. The van der Waals surface area contributed by atoms with Crippen molar-refractivity contribution in [2.45, 2.75) is 12.5 Å². The molecule has 1 aliphatic heterocycles. The zero-order valence-electron chi connectivity index (χ0n) is 11.7. The lowest BCUT2D eigenvalue weighted by molar-refractivity contribution is -0.139. The van der Waals surface area contributed by atoms with Crippen molar-refractivity contribution in [3.8, 4) is 0 Å². The molecule has 1 atom stereocenters. The van der Waals surface area contributed by atoms with Gasteiger partial charge in [-0.25, -0.2) is 9.59 Å². The van der Waals surface area contributed by atoms with Crippen LogP contribution in [0.2, 0.25) is 0 Å². The van der Waals surface area contributed by atoms with E-state index in [1.54, 1.807) is 16.7 Å². The van der Waals surface area contributed by atoms with E-state index in [0.29, 0.717) is 44.9 Å². The summed E-state index contributed by atoms with van der Waals surface area (Å²) in [4.78, 5) is 26.8. The molecule has 0 spiro atoms. The van der Waals surface area contributed by atoms with Crippen molar-refractivity contribution in [3.05, 3.63) is 0 Å². The largest absolute Gasteiger partial charge is 0.480 e. The zero-order valence-corrected chi connectivity index (χ0v) is 12.6. The van der Waals surface area contributed by atoms with Crippen molar-refractivity contribution in [3.63, 3.8) is 0 Å². The lowest BCUT2D eigenvalue weighted by atomic mass is 10.2. The minimum atomic E-state index is -0.994. The first-order valence-electron chi connectivity index (χ1n) is 6.69. The molecule has 8 heteroatoms. The van der Waals surface area contributed by atoms with Crippen molar-refractivity contribution in [2.24, 2.45) is 0 Å². The number of piperazine rings is 1. The highest BCUT2D eigenvalue weighted by molar-refractivity contribution is 7.98. The molecule has 0 aromatic carbocycles. The molecule has 0 aliphatic carbocycles. The van der Waals surface area contributed by atoms with Crippen LogP contribution in [0.3, 0.4) is 0 Å². The summed E-state index contributed by atoms with van der Waals surface area (Å²) in [5.74, 6) is -0.298. The molecule has 1 saturated heterocycles. The van der Waals surface area contributed by atoms with Crippen LogP contribution in [-0.2, 0) is 4.79 Å². The van der Waals surface area contributed by atoms with Crippen molar-refractivity contribution >= 4 is 23.8 Å². The van der Waals surface area contributed by atoms with Gasteiger partial charge in [0, 0.05) is 32.7 Å². The monoisotopic (exact) mass is 305 g/mol. The third-order valence-corrected chi connectivity index (χ3v) is 3.93. The number of carbonyl (C=O) groups is 2. The number of amides is 2. The normalized spacial score (nSPS) is 17.8. The van der Waals surface area contributed by atoms with Crippen molar-refractivity contribution in [1.82, 2.24) is 15.1 Å². The molecule has 0 bridgehead atoms. The average Bonchev–Trinajstić information content (AvgIpc) is 2.44. The van der Waals surface area contributed by atoms with Crippen molar-refractivity contribution < 1.29 is 19.8 Å². The predicted molar refractivity (Wildman–Crippen MR) is 78.1 cm³/mol. The van der Waals surface area contributed by atoms with Gasteiger partial charge in [0.25, 0.3) is 0 Å². The van der Waals surface area contributed by atoms with Gasteiger partial charge in [-0.05, 0) is 18.4 Å². The third-order valence-electron chi connectivity index (χ3n) is 3.28. The number of carboxylic acids is 1. The molecule has 1 aliphatic rings. The van der Waals surface area contributed by atoms with Crippen LogP contribution in [0.4, 0.5) is 4.79 Å². The van der Waals surface area contributed by atoms with Gasteiger partial charge in [-0.1, -0.05) is 0 Å². The van der Waals surface area contributed by atoms with E-state index in [0.717, 1.165) is 0 Å². The maximum atomic E-state index is 12.0. The Morgan fingerprint density at radius 2 is 1.95 bits per heavy atom. The van der Waals surface area contributed by atoms with Crippen LogP contribution < -0.4 is 5.32 Å². The first kappa shape index (κ1) is 17.1. The summed E-state index contributed by atoms with van der Waals surface area (Å²) in [5, 5.41) is 20.5. The van der Waals surface area contributed by atoms with Crippen molar-refractivity contribution in [1.29, 1.82) is 0 Å². The van der Waals surface area contributed by atoms with E-state index in [2.05, 4.69) is 10.2 Å². The van der Waals surface area contributed by atoms with Crippen LogP contribution >= 0.6 is 11.8 Å². The van der Waals surface area contributed by atoms with E-state index in [1.165, 1.54) is 0 Å². The molecule has 2 amide bonds. The molecule has 1 rings (SSSR count). The summed E-state index contributed by atoms with van der Waals surface area (Å²) in [6.07, 6.45) is 2.33. The number of carbonyl (C=O) groups excluding carboxylic acids is 1. The number of carboxylic acid groups (broad SMARTS) is 1. The summed E-state index contributed by atoms with van der Waals surface area (Å²) in [6, 6.07) is -1.15. The molecule has 0 radical (unpaired) electrons. The van der Waals surface area contributed by atoms with Gasteiger partial charge in [0.2, 0.25) is 0 Å². The second-order valence-corrected chi connectivity index (χ2v) is 5.66. The summed E-state index contributed by atoms with van der Waals surface area (Å²) in [6.45, 7) is 3.25. The van der Waals surface area contributed by atoms with Crippen LogP contribution in [0.15, 0.2) is 0 Å². The molecule has 0 saturated carbocycles. The number of nitrogens with zero attached hydrogens (tertiary/aromatic N) is 2. The van der Waals surface area contributed by atoms with E-state index < -0.39 is 12.0 Å². The van der Waals surface area contributed by atoms with E-state index in [4.69, 9.17) is 10.2 Å². The first-order chi connectivity index (χ1) is 9.58. The van der Waals surface area contributed by atoms with E-state index >= 15 is 0 Å². The Hall–Kier alpha value is -0.990. The van der Waals surface area contributed by atoms with Gasteiger partial charge in [-0.2, -0.15) is 11.8 Å². The topological polar surface area (TPSA) is 93.1 Å².